The summed E-state index contributed by atoms with van der Waals surface area (Å²) in [7, 11) is 1.62. The summed E-state index contributed by atoms with van der Waals surface area (Å²) >= 11 is 0. The first-order chi connectivity index (χ1) is 14.1. The minimum absolute atomic E-state index is 0.0550. The highest BCUT2D eigenvalue weighted by molar-refractivity contribution is 6.02. The van der Waals surface area contributed by atoms with Gasteiger partial charge in [-0.1, -0.05) is 12.1 Å². The fraction of sp³-hybridized carbons (Fsp3) is 0.391. The molecule has 2 aromatic rings. The molecule has 4 rings (SSSR count). The number of methoxy groups -OCH3 is 1. The molecule has 0 bridgehead atoms. The average molecular weight is 393 g/mol. The number of nitrogens with one attached hydrogen (secondary N) is 2. The number of carbonyl (C=O) groups is 2. The van der Waals surface area contributed by atoms with Crippen molar-refractivity contribution in [1.29, 1.82) is 0 Å². The van der Waals surface area contributed by atoms with Crippen LogP contribution in [0.2, 0.25) is 0 Å². The van der Waals surface area contributed by atoms with Gasteiger partial charge in [0.2, 0.25) is 5.91 Å². The van der Waals surface area contributed by atoms with E-state index in [4.69, 9.17) is 4.74 Å². The maximum absolute atomic E-state index is 12.8. The first-order valence-electron chi connectivity index (χ1n) is 10.2. The van der Waals surface area contributed by atoms with Gasteiger partial charge in [-0.2, -0.15) is 0 Å². The van der Waals surface area contributed by atoms with Gasteiger partial charge in [0.15, 0.2) is 0 Å². The predicted molar refractivity (Wildman–Crippen MR) is 114 cm³/mol. The fourth-order valence-corrected chi connectivity index (χ4v) is 3.65. The van der Waals surface area contributed by atoms with E-state index in [1.807, 2.05) is 36.4 Å². The topological polar surface area (TPSA) is 70.7 Å². The van der Waals surface area contributed by atoms with E-state index in [2.05, 4.69) is 15.5 Å². The summed E-state index contributed by atoms with van der Waals surface area (Å²) in [6, 6.07) is 13.4. The third-order valence-corrected chi connectivity index (χ3v) is 5.41. The zero-order valence-corrected chi connectivity index (χ0v) is 16.7. The number of anilines is 2. The molecular weight excluding hydrogens is 366 g/mol. The van der Waals surface area contributed by atoms with Gasteiger partial charge in [0.25, 0.3) is 5.91 Å². The van der Waals surface area contributed by atoms with Crippen molar-refractivity contribution in [2.45, 2.75) is 38.1 Å². The third-order valence-electron chi connectivity index (χ3n) is 5.41. The number of hydrogen-bond donors (Lipinski definition) is 2. The van der Waals surface area contributed by atoms with Crippen molar-refractivity contribution in [2.75, 3.05) is 30.4 Å². The lowest BCUT2D eigenvalue weighted by Crippen LogP contribution is -2.29. The van der Waals surface area contributed by atoms with Crippen molar-refractivity contribution >= 4 is 23.2 Å². The monoisotopic (exact) mass is 393 g/mol. The van der Waals surface area contributed by atoms with Gasteiger partial charge in [-0.05, 0) is 61.6 Å². The van der Waals surface area contributed by atoms with Gasteiger partial charge in [-0.15, -0.1) is 0 Å². The minimum Gasteiger partial charge on any atom is -0.497 e. The molecule has 2 aromatic carbocycles. The van der Waals surface area contributed by atoms with E-state index >= 15 is 0 Å². The first kappa shape index (κ1) is 19.3. The summed E-state index contributed by atoms with van der Waals surface area (Å²) in [5.41, 5.74) is 3.14. The van der Waals surface area contributed by atoms with Crippen molar-refractivity contribution in [3.63, 3.8) is 0 Å². The molecule has 152 valence electrons. The van der Waals surface area contributed by atoms with Gasteiger partial charge in [0, 0.05) is 30.5 Å². The second kappa shape index (κ2) is 8.55. The summed E-state index contributed by atoms with van der Waals surface area (Å²) in [5, 5.41) is 6.01. The highest BCUT2D eigenvalue weighted by Gasteiger charge is 2.26. The Labute approximate surface area is 171 Å². The molecule has 2 aliphatic rings. The lowest BCUT2D eigenvalue weighted by atomic mass is 10.1. The van der Waals surface area contributed by atoms with Gasteiger partial charge in [0.05, 0.1) is 19.1 Å². The first-order valence-corrected chi connectivity index (χ1v) is 10.2. The van der Waals surface area contributed by atoms with Crippen LogP contribution in [0.1, 0.15) is 41.6 Å². The van der Waals surface area contributed by atoms with Crippen molar-refractivity contribution in [3.8, 4) is 5.75 Å². The molecule has 2 fully saturated rings. The summed E-state index contributed by atoms with van der Waals surface area (Å²) in [4.78, 5) is 27.5. The molecule has 0 aromatic heterocycles. The minimum atomic E-state index is -0.113. The van der Waals surface area contributed by atoms with Crippen LogP contribution in [-0.2, 0) is 11.2 Å². The number of hydrogen-bond acceptors (Lipinski definition) is 4. The molecular formula is C23H27N3O3. The second-order valence-corrected chi connectivity index (χ2v) is 7.75. The van der Waals surface area contributed by atoms with Crippen LogP contribution < -0.4 is 20.3 Å². The van der Waals surface area contributed by atoms with Crippen LogP contribution in [0.15, 0.2) is 42.5 Å². The van der Waals surface area contributed by atoms with Crippen LogP contribution in [0.3, 0.4) is 0 Å². The lowest BCUT2D eigenvalue weighted by molar-refractivity contribution is -0.115. The Hall–Kier alpha value is -3.02. The quantitative estimate of drug-likeness (QED) is 0.757. The average Bonchev–Trinajstić information content (AvgIpc) is 3.37. The molecule has 0 atom stereocenters. The van der Waals surface area contributed by atoms with Crippen LogP contribution in [0, 0.1) is 0 Å². The molecule has 6 heteroatoms. The Morgan fingerprint density at radius 2 is 1.79 bits per heavy atom. The number of ether oxygens (including phenoxy) is 1. The summed E-state index contributed by atoms with van der Waals surface area (Å²) < 4.78 is 5.15. The molecule has 0 spiro atoms. The number of rotatable bonds is 7. The maximum atomic E-state index is 12.8. The highest BCUT2D eigenvalue weighted by atomic mass is 16.5. The van der Waals surface area contributed by atoms with E-state index in [1.165, 1.54) is 0 Å². The van der Waals surface area contributed by atoms with Gasteiger partial charge in [0.1, 0.15) is 5.75 Å². The Morgan fingerprint density at radius 1 is 1.07 bits per heavy atom. The van der Waals surface area contributed by atoms with E-state index in [1.54, 1.807) is 13.2 Å². The van der Waals surface area contributed by atoms with Gasteiger partial charge in [-0.3, -0.25) is 9.59 Å². The van der Waals surface area contributed by atoms with Crippen LogP contribution in [0.4, 0.5) is 11.4 Å². The van der Waals surface area contributed by atoms with Crippen LogP contribution in [0.5, 0.6) is 5.75 Å². The molecule has 1 aliphatic carbocycles. The van der Waals surface area contributed by atoms with E-state index in [0.29, 0.717) is 17.3 Å². The standard InChI is InChI=1S/C23H27N3O3/c1-29-19-9-4-16(5-10-19)14-22(27)24-18-8-11-21(26-12-2-3-13-26)20(15-18)23(28)25-17-6-7-17/h4-5,8-11,15,17H,2-3,6-7,12-14H2,1H3,(H,24,27)(H,25,28). The highest BCUT2D eigenvalue weighted by Crippen LogP contribution is 2.29. The normalized spacial score (nSPS) is 15.8. The molecule has 1 saturated heterocycles. The Bertz CT molecular complexity index is 885. The van der Waals surface area contributed by atoms with Gasteiger partial charge in [-0.25, -0.2) is 0 Å². The number of nitrogens with zero attached hydrogens (tertiary/aromatic N) is 1. The largest absolute Gasteiger partial charge is 0.497 e. The van der Waals surface area contributed by atoms with E-state index in [-0.39, 0.29) is 18.2 Å². The van der Waals surface area contributed by atoms with Crippen LogP contribution >= 0.6 is 0 Å². The third kappa shape index (κ3) is 4.88. The lowest BCUT2D eigenvalue weighted by Gasteiger charge is -2.22. The van der Waals surface area contributed by atoms with E-state index in [9.17, 15) is 9.59 Å². The van der Waals surface area contributed by atoms with E-state index in [0.717, 1.165) is 55.8 Å². The molecule has 0 radical (unpaired) electrons. The maximum Gasteiger partial charge on any atom is 0.253 e. The Balaban J connectivity index is 1.48. The smallest absolute Gasteiger partial charge is 0.253 e. The van der Waals surface area contributed by atoms with Crippen molar-refractivity contribution in [1.82, 2.24) is 5.32 Å². The summed E-state index contributed by atoms with van der Waals surface area (Å²) in [6.07, 6.45) is 4.64. The summed E-state index contributed by atoms with van der Waals surface area (Å²) in [6.45, 7) is 1.93. The molecule has 6 nitrogen and oxygen atoms in total. The molecule has 1 aliphatic heterocycles. The van der Waals surface area contributed by atoms with Crippen molar-refractivity contribution in [3.05, 3.63) is 53.6 Å². The number of carbonyl (C=O) groups excluding carboxylic acids is 2. The Kier molecular flexibility index (Phi) is 5.69. The molecule has 2 N–H and O–H groups in total. The number of benzene rings is 2. The van der Waals surface area contributed by atoms with Gasteiger partial charge < -0.3 is 20.3 Å². The van der Waals surface area contributed by atoms with Crippen molar-refractivity contribution < 1.29 is 14.3 Å². The predicted octanol–water partition coefficient (Wildman–Crippen LogP) is 3.37. The molecule has 1 heterocycles. The zero-order valence-electron chi connectivity index (χ0n) is 16.7. The van der Waals surface area contributed by atoms with Crippen LogP contribution in [0.25, 0.3) is 0 Å². The van der Waals surface area contributed by atoms with E-state index < -0.39 is 0 Å². The van der Waals surface area contributed by atoms with Crippen LogP contribution in [-0.4, -0.2) is 38.1 Å². The fourth-order valence-electron chi connectivity index (χ4n) is 3.65. The molecule has 2 amide bonds. The van der Waals surface area contributed by atoms with Crippen molar-refractivity contribution in [2.24, 2.45) is 0 Å². The molecule has 1 saturated carbocycles. The summed E-state index contributed by atoms with van der Waals surface area (Å²) in [5.74, 6) is 0.594. The molecule has 29 heavy (non-hydrogen) atoms. The zero-order chi connectivity index (χ0) is 20.2. The Morgan fingerprint density at radius 3 is 2.45 bits per heavy atom. The SMILES string of the molecule is COc1ccc(CC(=O)Nc2ccc(N3CCCC3)c(C(=O)NC3CC3)c2)cc1. The number of amides is 2. The van der Waals surface area contributed by atoms with Gasteiger partial charge >= 0.3 is 0 Å². The molecule has 0 unspecified atom stereocenters. The second-order valence-electron chi connectivity index (χ2n) is 7.75.